The van der Waals surface area contributed by atoms with Gasteiger partial charge in [-0.2, -0.15) is 0 Å². The normalized spacial score (nSPS) is 13.7. The van der Waals surface area contributed by atoms with Crippen LogP contribution in [0, 0.1) is 0 Å². The van der Waals surface area contributed by atoms with E-state index in [1.165, 1.54) is 11.1 Å². The van der Waals surface area contributed by atoms with Gasteiger partial charge in [-0.1, -0.05) is 49.4 Å². The molecule has 0 saturated heterocycles. The number of hydrogen-bond acceptors (Lipinski definition) is 3. The van der Waals surface area contributed by atoms with E-state index in [0.29, 0.717) is 5.25 Å². The molecule has 112 valence electrons. The van der Waals surface area contributed by atoms with Crippen molar-refractivity contribution in [3.05, 3.63) is 65.7 Å². The van der Waals surface area contributed by atoms with Crippen LogP contribution in [0.5, 0.6) is 5.75 Å². The number of methoxy groups -OCH3 is 1. The maximum Gasteiger partial charge on any atom is 0.118 e. The highest BCUT2D eigenvalue weighted by Crippen LogP contribution is 2.35. The Kier molecular flexibility index (Phi) is 6.15. The van der Waals surface area contributed by atoms with Crippen LogP contribution in [0.15, 0.2) is 54.6 Å². The third-order valence-corrected chi connectivity index (χ3v) is 5.06. The number of nitrogens with two attached hydrogens (primary N) is 1. The predicted molar refractivity (Wildman–Crippen MR) is 91.7 cm³/mol. The zero-order valence-corrected chi connectivity index (χ0v) is 13.5. The van der Waals surface area contributed by atoms with Gasteiger partial charge in [0.05, 0.1) is 7.11 Å². The molecule has 0 spiro atoms. The Hall–Kier alpha value is -1.45. The summed E-state index contributed by atoms with van der Waals surface area (Å²) in [5.74, 6) is 1.86. The molecular weight excluding hydrogens is 278 g/mol. The molecule has 0 aliphatic rings. The molecule has 0 heterocycles. The first-order valence-electron chi connectivity index (χ1n) is 7.29. The van der Waals surface area contributed by atoms with Crippen LogP contribution in [0.1, 0.15) is 29.7 Å². The fourth-order valence-electron chi connectivity index (χ4n) is 2.23. The molecule has 2 unspecified atom stereocenters. The third-order valence-electron chi connectivity index (χ3n) is 3.58. The van der Waals surface area contributed by atoms with Gasteiger partial charge in [-0.25, -0.2) is 0 Å². The van der Waals surface area contributed by atoms with Gasteiger partial charge in [-0.3, -0.25) is 0 Å². The number of thioether (sulfide) groups is 1. The van der Waals surface area contributed by atoms with E-state index in [4.69, 9.17) is 10.5 Å². The van der Waals surface area contributed by atoms with E-state index in [0.717, 1.165) is 17.9 Å². The van der Waals surface area contributed by atoms with Gasteiger partial charge >= 0.3 is 0 Å². The number of hydrogen-bond donors (Lipinski definition) is 1. The molecule has 2 aromatic carbocycles. The van der Waals surface area contributed by atoms with E-state index >= 15 is 0 Å². The van der Waals surface area contributed by atoms with Gasteiger partial charge < -0.3 is 10.5 Å². The average molecular weight is 301 g/mol. The van der Waals surface area contributed by atoms with Gasteiger partial charge in [0.25, 0.3) is 0 Å². The number of benzene rings is 2. The average Bonchev–Trinajstić information content (AvgIpc) is 2.56. The van der Waals surface area contributed by atoms with Crippen LogP contribution in [0.2, 0.25) is 0 Å². The molecule has 0 amide bonds. The van der Waals surface area contributed by atoms with E-state index in [2.05, 4.69) is 43.3 Å². The summed E-state index contributed by atoms with van der Waals surface area (Å²) in [6, 6.07) is 19.0. The van der Waals surface area contributed by atoms with Crippen molar-refractivity contribution in [1.82, 2.24) is 0 Å². The van der Waals surface area contributed by atoms with Crippen LogP contribution < -0.4 is 10.5 Å². The number of ether oxygens (including phenoxy) is 1. The largest absolute Gasteiger partial charge is 0.497 e. The smallest absolute Gasteiger partial charge is 0.118 e. The standard InChI is InChI=1S/C18H23NOS/c1-3-17(19)18(15-9-11-16(20-2)12-10-15)21-13-14-7-5-4-6-8-14/h4-12,17-18H,3,13,19H2,1-2H3. The van der Waals surface area contributed by atoms with Crippen molar-refractivity contribution in [2.24, 2.45) is 5.73 Å². The van der Waals surface area contributed by atoms with Gasteiger partial charge in [0.2, 0.25) is 0 Å². The van der Waals surface area contributed by atoms with E-state index in [1.54, 1.807) is 7.11 Å². The van der Waals surface area contributed by atoms with E-state index in [9.17, 15) is 0 Å². The molecule has 0 saturated carbocycles. The highest BCUT2D eigenvalue weighted by Gasteiger charge is 2.19. The summed E-state index contributed by atoms with van der Waals surface area (Å²) in [4.78, 5) is 0. The van der Waals surface area contributed by atoms with Gasteiger partial charge in [0.1, 0.15) is 5.75 Å². The van der Waals surface area contributed by atoms with Crippen molar-refractivity contribution in [2.45, 2.75) is 30.4 Å². The zero-order chi connectivity index (χ0) is 15.1. The highest BCUT2D eigenvalue weighted by molar-refractivity contribution is 7.98. The summed E-state index contributed by atoms with van der Waals surface area (Å²) in [5, 5.41) is 0.307. The van der Waals surface area contributed by atoms with Crippen molar-refractivity contribution in [2.75, 3.05) is 7.11 Å². The lowest BCUT2D eigenvalue weighted by molar-refractivity contribution is 0.414. The molecule has 0 aliphatic heterocycles. The quantitative estimate of drug-likeness (QED) is 0.823. The van der Waals surface area contributed by atoms with Crippen molar-refractivity contribution in [3.63, 3.8) is 0 Å². The number of rotatable bonds is 7. The Labute approximate surface area is 131 Å². The highest BCUT2D eigenvalue weighted by atomic mass is 32.2. The maximum atomic E-state index is 6.33. The molecule has 0 fully saturated rings. The molecule has 0 bridgehead atoms. The molecule has 0 aliphatic carbocycles. The van der Waals surface area contributed by atoms with E-state index in [-0.39, 0.29) is 6.04 Å². The molecule has 2 N–H and O–H groups in total. The topological polar surface area (TPSA) is 35.2 Å². The predicted octanol–water partition coefficient (Wildman–Crippen LogP) is 4.41. The molecule has 0 aromatic heterocycles. The monoisotopic (exact) mass is 301 g/mol. The Bertz CT molecular complexity index is 527. The Morgan fingerprint density at radius 3 is 2.29 bits per heavy atom. The fourth-order valence-corrected chi connectivity index (χ4v) is 3.59. The summed E-state index contributed by atoms with van der Waals surface area (Å²) in [6.45, 7) is 2.14. The first-order chi connectivity index (χ1) is 10.2. The van der Waals surface area contributed by atoms with Crippen LogP contribution in [-0.4, -0.2) is 13.2 Å². The zero-order valence-electron chi connectivity index (χ0n) is 12.7. The Balaban J connectivity index is 2.10. The van der Waals surface area contributed by atoms with Crippen LogP contribution >= 0.6 is 11.8 Å². The first kappa shape index (κ1) is 15.9. The third kappa shape index (κ3) is 4.51. The molecule has 2 atom stereocenters. The summed E-state index contributed by atoms with van der Waals surface area (Å²) in [5.41, 5.74) is 8.94. The minimum atomic E-state index is 0.159. The molecule has 21 heavy (non-hydrogen) atoms. The lowest BCUT2D eigenvalue weighted by Gasteiger charge is -2.23. The molecule has 2 aromatic rings. The first-order valence-corrected chi connectivity index (χ1v) is 8.34. The lowest BCUT2D eigenvalue weighted by atomic mass is 10.0. The molecule has 2 nitrogen and oxygen atoms in total. The minimum Gasteiger partial charge on any atom is -0.497 e. The summed E-state index contributed by atoms with van der Waals surface area (Å²) < 4.78 is 5.23. The van der Waals surface area contributed by atoms with Crippen molar-refractivity contribution in [3.8, 4) is 5.75 Å². The Morgan fingerprint density at radius 2 is 1.71 bits per heavy atom. The van der Waals surface area contributed by atoms with E-state index < -0.39 is 0 Å². The van der Waals surface area contributed by atoms with Gasteiger partial charge in [-0.05, 0) is 29.7 Å². The molecular formula is C18H23NOS. The van der Waals surface area contributed by atoms with Gasteiger partial charge in [0, 0.05) is 17.0 Å². The van der Waals surface area contributed by atoms with Crippen LogP contribution in [0.25, 0.3) is 0 Å². The van der Waals surface area contributed by atoms with Gasteiger partial charge in [0.15, 0.2) is 0 Å². The minimum absolute atomic E-state index is 0.159. The van der Waals surface area contributed by atoms with Crippen LogP contribution in [0.3, 0.4) is 0 Å². The summed E-state index contributed by atoms with van der Waals surface area (Å²) >= 11 is 1.91. The second kappa shape index (κ2) is 8.11. The molecule has 0 radical (unpaired) electrons. The van der Waals surface area contributed by atoms with Crippen LogP contribution in [0.4, 0.5) is 0 Å². The van der Waals surface area contributed by atoms with Gasteiger partial charge in [-0.15, -0.1) is 11.8 Å². The van der Waals surface area contributed by atoms with Crippen molar-refractivity contribution < 1.29 is 4.74 Å². The second-order valence-corrected chi connectivity index (χ2v) is 6.19. The van der Waals surface area contributed by atoms with Crippen molar-refractivity contribution >= 4 is 11.8 Å². The Morgan fingerprint density at radius 1 is 1.05 bits per heavy atom. The SMILES string of the molecule is CCC(N)C(SCc1ccccc1)c1ccc(OC)cc1. The molecule has 3 heteroatoms. The summed E-state index contributed by atoms with van der Waals surface area (Å²) in [6.07, 6.45) is 0.971. The van der Waals surface area contributed by atoms with Crippen LogP contribution in [-0.2, 0) is 5.75 Å². The summed E-state index contributed by atoms with van der Waals surface area (Å²) in [7, 11) is 1.69. The van der Waals surface area contributed by atoms with Crippen molar-refractivity contribution in [1.29, 1.82) is 0 Å². The maximum absolute atomic E-state index is 6.33. The van der Waals surface area contributed by atoms with E-state index in [1.807, 2.05) is 30.0 Å². The molecule has 2 rings (SSSR count). The lowest BCUT2D eigenvalue weighted by Crippen LogP contribution is -2.25. The fraction of sp³-hybridized carbons (Fsp3) is 0.333. The second-order valence-electron chi connectivity index (χ2n) is 5.06.